The van der Waals surface area contributed by atoms with Crippen LogP contribution in [0.4, 0.5) is 0 Å². The lowest BCUT2D eigenvalue weighted by molar-refractivity contribution is 0.373. The Kier molecular flexibility index (Phi) is 4.53. The summed E-state index contributed by atoms with van der Waals surface area (Å²) in [4.78, 5) is 0. The fourth-order valence-electron chi connectivity index (χ4n) is 2.17. The number of benzene rings is 2. The molecule has 3 nitrogen and oxygen atoms in total. The van der Waals surface area contributed by atoms with Crippen molar-refractivity contribution >= 4 is 6.08 Å². The zero-order valence-electron chi connectivity index (χ0n) is 12.8. The van der Waals surface area contributed by atoms with Crippen LogP contribution in [0.25, 0.3) is 6.08 Å². The topological polar surface area (TPSA) is 38.7 Å². The first-order chi connectivity index (χ1) is 10.0. The number of phenolic OH excluding ortho intramolecular Hbond substituents is 1. The number of aromatic hydroxyl groups is 1. The van der Waals surface area contributed by atoms with E-state index in [2.05, 4.69) is 0 Å². The normalized spacial score (nSPS) is 11.3. The zero-order chi connectivity index (χ0) is 15.4. The largest absolute Gasteiger partial charge is 0.504 e. The Morgan fingerprint density at radius 1 is 1.10 bits per heavy atom. The molecule has 0 amide bonds. The van der Waals surface area contributed by atoms with Crippen LogP contribution in [0.3, 0.4) is 0 Å². The first-order valence-electron chi connectivity index (χ1n) is 6.80. The second-order valence-corrected chi connectivity index (χ2v) is 5.01. The van der Waals surface area contributed by atoms with Gasteiger partial charge in [-0.2, -0.15) is 0 Å². The first-order valence-corrected chi connectivity index (χ1v) is 6.80. The Bertz CT molecular complexity index is 652. The molecule has 2 aromatic carbocycles. The smallest absolute Gasteiger partial charge is 0.161 e. The lowest BCUT2D eigenvalue weighted by Gasteiger charge is -2.12. The maximum absolute atomic E-state index is 9.60. The van der Waals surface area contributed by atoms with E-state index in [1.54, 1.807) is 12.1 Å². The Morgan fingerprint density at radius 3 is 2.38 bits per heavy atom. The average Bonchev–Trinajstić information content (AvgIpc) is 2.45. The third kappa shape index (κ3) is 3.57. The van der Waals surface area contributed by atoms with E-state index in [0.717, 1.165) is 28.2 Å². The molecular formula is C18H20O3. The molecule has 0 spiro atoms. The highest BCUT2D eigenvalue weighted by Gasteiger charge is 2.05. The molecule has 0 aliphatic rings. The van der Waals surface area contributed by atoms with Crippen molar-refractivity contribution in [2.45, 2.75) is 20.8 Å². The van der Waals surface area contributed by atoms with Gasteiger partial charge in [0.05, 0.1) is 7.11 Å². The molecule has 0 aromatic heterocycles. The van der Waals surface area contributed by atoms with Crippen molar-refractivity contribution in [3.05, 3.63) is 58.8 Å². The number of hydrogen-bond acceptors (Lipinski definition) is 3. The lowest BCUT2D eigenvalue weighted by atomic mass is 10.1. The Balaban J connectivity index is 2.25. The molecule has 0 saturated carbocycles. The molecule has 1 N–H and O–H groups in total. The van der Waals surface area contributed by atoms with E-state index in [1.165, 1.54) is 7.11 Å². The van der Waals surface area contributed by atoms with Crippen molar-refractivity contribution in [2.24, 2.45) is 0 Å². The van der Waals surface area contributed by atoms with Gasteiger partial charge in [-0.3, -0.25) is 0 Å². The van der Waals surface area contributed by atoms with Gasteiger partial charge in [0, 0.05) is 0 Å². The van der Waals surface area contributed by atoms with Crippen molar-refractivity contribution in [3.8, 4) is 17.2 Å². The van der Waals surface area contributed by atoms with Gasteiger partial charge >= 0.3 is 0 Å². The summed E-state index contributed by atoms with van der Waals surface area (Å²) in [7, 11) is 1.53. The zero-order valence-corrected chi connectivity index (χ0v) is 12.8. The number of allylic oxidation sites excluding steroid dienone is 1. The molecule has 0 heterocycles. The number of hydrogen-bond donors (Lipinski definition) is 1. The lowest BCUT2D eigenvalue weighted by Crippen LogP contribution is -1.95. The summed E-state index contributed by atoms with van der Waals surface area (Å²) in [5, 5.41) is 9.60. The van der Waals surface area contributed by atoms with E-state index in [9.17, 15) is 5.11 Å². The maximum atomic E-state index is 9.60. The molecular weight excluding hydrogens is 264 g/mol. The first kappa shape index (κ1) is 15.0. The van der Waals surface area contributed by atoms with Gasteiger partial charge in [0.25, 0.3) is 0 Å². The van der Waals surface area contributed by atoms with Crippen LogP contribution in [0, 0.1) is 13.8 Å². The van der Waals surface area contributed by atoms with Gasteiger partial charge in [-0.15, -0.1) is 0 Å². The highest BCUT2D eigenvalue weighted by atomic mass is 16.5. The van der Waals surface area contributed by atoms with Crippen molar-refractivity contribution < 1.29 is 14.6 Å². The minimum atomic E-state index is 0.128. The minimum Gasteiger partial charge on any atom is -0.504 e. The van der Waals surface area contributed by atoms with Gasteiger partial charge in [0.15, 0.2) is 11.5 Å². The van der Waals surface area contributed by atoms with E-state index in [0.29, 0.717) is 5.75 Å². The van der Waals surface area contributed by atoms with Crippen molar-refractivity contribution in [1.82, 2.24) is 0 Å². The molecule has 0 bridgehead atoms. The third-order valence-corrected chi connectivity index (χ3v) is 3.25. The summed E-state index contributed by atoms with van der Waals surface area (Å²) in [6.07, 6.45) is 1.91. The molecule has 0 radical (unpaired) electrons. The summed E-state index contributed by atoms with van der Waals surface area (Å²) in [6, 6.07) is 11.3. The molecule has 3 heteroatoms. The Labute approximate surface area is 125 Å². The molecule has 110 valence electrons. The van der Waals surface area contributed by atoms with Crippen LogP contribution in [0.5, 0.6) is 17.2 Å². The van der Waals surface area contributed by atoms with Gasteiger partial charge in [0.2, 0.25) is 0 Å². The van der Waals surface area contributed by atoms with Crippen LogP contribution in [0.1, 0.15) is 23.6 Å². The van der Waals surface area contributed by atoms with Gasteiger partial charge < -0.3 is 14.6 Å². The number of phenols is 1. The third-order valence-electron chi connectivity index (χ3n) is 3.25. The second kappa shape index (κ2) is 6.35. The van der Waals surface area contributed by atoms with E-state index in [1.807, 2.05) is 51.1 Å². The molecule has 2 rings (SSSR count). The van der Waals surface area contributed by atoms with Gasteiger partial charge in [-0.05, 0) is 55.7 Å². The van der Waals surface area contributed by atoms with E-state index >= 15 is 0 Å². The quantitative estimate of drug-likeness (QED) is 0.843. The van der Waals surface area contributed by atoms with Crippen molar-refractivity contribution in [2.75, 3.05) is 7.11 Å². The summed E-state index contributed by atoms with van der Waals surface area (Å²) < 4.78 is 11.0. The standard InChI is InChI=1S/C18H20O3/c1-12-6-5-7-13(2)18(12)21-14(3)10-15-8-9-16(19)17(11-15)20-4/h5-11,19H,1-4H3/b14-10+. The number of aryl methyl sites for hydroxylation is 2. The van der Waals surface area contributed by atoms with Crippen molar-refractivity contribution in [3.63, 3.8) is 0 Å². The molecule has 0 fully saturated rings. The Morgan fingerprint density at radius 2 is 1.76 bits per heavy atom. The SMILES string of the molecule is COc1cc(/C=C(\C)Oc2c(C)cccc2C)ccc1O. The van der Waals surface area contributed by atoms with Crippen LogP contribution >= 0.6 is 0 Å². The summed E-state index contributed by atoms with van der Waals surface area (Å²) >= 11 is 0. The summed E-state index contributed by atoms with van der Waals surface area (Å²) in [6.45, 7) is 5.96. The summed E-state index contributed by atoms with van der Waals surface area (Å²) in [5.74, 6) is 2.24. The monoisotopic (exact) mass is 284 g/mol. The number of rotatable bonds is 4. The van der Waals surface area contributed by atoms with Crippen LogP contribution < -0.4 is 9.47 Å². The van der Waals surface area contributed by atoms with Gasteiger partial charge in [0.1, 0.15) is 11.5 Å². The van der Waals surface area contributed by atoms with Crippen molar-refractivity contribution in [1.29, 1.82) is 0 Å². The molecule has 0 aliphatic carbocycles. The predicted octanol–water partition coefficient (Wildman–Crippen LogP) is 4.46. The highest BCUT2D eigenvalue weighted by Crippen LogP contribution is 2.28. The van der Waals surface area contributed by atoms with Crippen LogP contribution in [-0.4, -0.2) is 12.2 Å². The molecule has 0 aliphatic heterocycles. The number of para-hydroxylation sites is 1. The number of ether oxygens (including phenoxy) is 2. The van der Waals surface area contributed by atoms with Crippen LogP contribution in [-0.2, 0) is 0 Å². The highest BCUT2D eigenvalue weighted by molar-refractivity contribution is 5.57. The van der Waals surface area contributed by atoms with Gasteiger partial charge in [-0.1, -0.05) is 24.3 Å². The van der Waals surface area contributed by atoms with Gasteiger partial charge in [-0.25, -0.2) is 0 Å². The minimum absolute atomic E-state index is 0.128. The van der Waals surface area contributed by atoms with E-state index < -0.39 is 0 Å². The molecule has 2 aromatic rings. The predicted molar refractivity (Wildman–Crippen MR) is 84.9 cm³/mol. The fourth-order valence-corrected chi connectivity index (χ4v) is 2.17. The van der Waals surface area contributed by atoms with E-state index in [-0.39, 0.29) is 5.75 Å². The molecule has 0 atom stereocenters. The average molecular weight is 284 g/mol. The van der Waals surface area contributed by atoms with E-state index in [4.69, 9.17) is 9.47 Å². The molecule has 0 unspecified atom stereocenters. The van der Waals surface area contributed by atoms with Crippen LogP contribution in [0.2, 0.25) is 0 Å². The van der Waals surface area contributed by atoms with Crippen LogP contribution in [0.15, 0.2) is 42.2 Å². The molecule has 21 heavy (non-hydrogen) atoms. The number of methoxy groups -OCH3 is 1. The summed E-state index contributed by atoms with van der Waals surface area (Å²) in [5.41, 5.74) is 3.12. The fraction of sp³-hybridized carbons (Fsp3) is 0.222. The Hall–Kier alpha value is -2.42. The maximum Gasteiger partial charge on any atom is 0.161 e. The second-order valence-electron chi connectivity index (χ2n) is 5.01. The molecule has 0 saturated heterocycles.